The Balaban J connectivity index is 1.41. The van der Waals surface area contributed by atoms with Crippen LogP contribution in [0, 0.1) is 5.82 Å². The Bertz CT molecular complexity index is 1280. The first kappa shape index (κ1) is 22.0. The average Bonchev–Trinajstić information content (AvgIpc) is 2.83. The fraction of sp³-hybridized carbons (Fsp3) is 0.0769. The van der Waals surface area contributed by atoms with E-state index in [0.717, 1.165) is 5.56 Å². The Hall–Kier alpha value is -4.23. The van der Waals surface area contributed by atoms with Crippen LogP contribution in [0.5, 0.6) is 0 Å². The van der Waals surface area contributed by atoms with Crippen LogP contribution < -0.4 is 16.8 Å². The molecule has 0 saturated heterocycles. The highest BCUT2D eigenvalue weighted by Crippen LogP contribution is 2.23. The number of nitrogens with zero attached hydrogens (tertiary/aromatic N) is 1. The maximum Gasteiger partial charge on any atom is 0.255 e. The Morgan fingerprint density at radius 1 is 0.909 bits per heavy atom. The van der Waals surface area contributed by atoms with E-state index in [1.807, 2.05) is 36.4 Å². The molecule has 0 aliphatic rings. The normalized spacial score (nSPS) is 10.7. The number of hydrogen-bond donors (Lipinski definition) is 3. The molecule has 166 valence electrons. The lowest BCUT2D eigenvalue weighted by Crippen LogP contribution is -2.12. The number of aromatic nitrogens is 1. The van der Waals surface area contributed by atoms with Crippen molar-refractivity contribution in [2.45, 2.75) is 13.2 Å². The molecule has 0 unspecified atom stereocenters. The minimum Gasteiger partial charge on any atom is -0.396 e. The van der Waals surface area contributed by atoms with Gasteiger partial charge in [-0.05, 0) is 42.0 Å². The van der Waals surface area contributed by atoms with Crippen molar-refractivity contribution in [1.82, 2.24) is 4.98 Å². The van der Waals surface area contributed by atoms with Crippen molar-refractivity contribution < 1.29 is 13.9 Å². The second kappa shape index (κ2) is 9.93. The number of carbonyl (C=O) groups is 1. The topological polar surface area (TPSA) is 103 Å². The number of nitrogen functional groups attached to an aromatic ring is 2. The Labute approximate surface area is 191 Å². The summed E-state index contributed by atoms with van der Waals surface area (Å²) < 4.78 is 20.1. The summed E-state index contributed by atoms with van der Waals surface area (Å²) in [6.07, 6.45) is 0. The highest BCUT2D eigenvalue weighted by atomic mass is 19.1. The van der Waals surface area contributed by atoms with Crippen LogP contribution in [0.25, 0.3) is 11.3 Å². The van der Waals surface area contributed by atoms with Crippen molar-refractivity contribution in [3.8, 4) is 11.3 Å². The summed E-state index contributed by atoms with van der Waals surface area (Å²) in [5.41, 5.74) is 15.4. The lowest BCUT2D eigenvalue weighted by molar-refractivity contribution is 0.102. The van der Waals surface area contributed by atoms with Gasteiger partial charge in [0.2, 0.25) is 0 Å². The van der Waals surface area contributed by atoms with E-state index in [2.05, 4.69) is 10.3 Å². The van der Waals surface area contributed by atoms with Crippen molar-refractivity contribution in [3.63, 3.8) is 0 Å². The number of nitrogens with one attached hydrogen (secondary N) is 1. The van der Waals surface area contributed by atoms with Crippen molar-refractivity contribution in [2.75, 3.05) is 16.8 Å². The molecule has 0 fully saturated rings. The molecule has 33 heavy (non-hydrogen) atoms. The van der Waals surface area contributed by atoms with Crippen molar-refractivity contribution in [2.24, 2.45) is 0 Å². The highest BCUT2D eigenvalue weighted by molar-refractivity contribution is 6.04. The number of nitrogens with two attached hydrogens (primary N) is 2. The summed E-state index contributed by atoms with van der Waals surface area (Å²) in [7, 11) is 0. The zero-order valence-electron chi connectivity index (χ0n) is 17.8. The van der Waals surface area contributed by atoms with E-state index in [9.17, 15) is 9.18 Å². The predicted molar refractivity (Wildman–Crippen MR) is 128 cm³/mol. The molecule has 4 aromatic rings. The van der Waals surface area contributed by atoms with Gasteiger partial charge in [-0.25, -0.2) is 9.37 Å². The molecular weight excluding hydrogens is 419 g/mol. The molecule has 5 N–H and O–H groups in total. The number of rotatable bonds is 7. The number of ether oxygens (including phenoxy) is 1. The summed E-state index contributed by atoms with van der Waals surface area (Å²) >= 11 is 0. The second-order valence-electron chi connectivity index (χ2n) is 7.49. The summed E-state index contributed by atoms with van der Waals surface area (Å²) in [6, 6.07) is 24.5. The van der Waals surface area contributed by atoms with Crippen LogP contribution in [0.3, 0.4) is 0 Å². The quantitative estimate of drug-likeness (QED) is 0.373. The van der Waals surface area contributed by atoms with E-state index >= 15 is 0 Å². The first-order valence-electron chi connectivity index (χ1n) is 10.3. The van der Waals surface area contributed by atoms with Crippen LogP contribution in [0.1, 0.15) is 21.5 Å². The standard InChI is InChI=1S/C26H23FN4O2/c27-22-14-21(10-9-20(22)16-33-15-17-5-2-1-3-6-17)30-26(32)19-8-4-7-18(13-19)24-12-11-23(28)25(29)31-24/h1-14H,15-16,28H2,(H2,29,31)(H,30,32). The molecule has 0 aliphatic carbocycles. The summed E-state index contributed by atoms with van der Waals surface area (Å²) in [5, 5.41) is 2.72. The zero-order valence-corrected chi connectivity index (χ0v) is 17.8. The molecule has 7 heteroatoms. The van der Waals surface area contributed by atoms with Crippen molar-refractivity contribution in [1.29, 1.82) is 0 Å². The van der Waals surface area contributed by atoms with E-state index in [-0.39, 0.29) is 18.3 Å². The maximum absolute atomic E-state index is 14.5. The minimum absolute atomic E-state index is 0.134. The van der Waals surface area contributed by atoms with E-state index in [4.69, 9.17) is 16.2 Å². The SMILES string of the molecule is Nc1ccc(-c2cccc(C(=O)Nc3ccc(COCc4ccccc4)c(F)c3)c2)nc1N. The largest absolute Gasteiger partial charge is 0.396 e. The maximum atomic E-state index is 14.5. The van der Waals surface area contributed by atoms with Gasteiger partial charge in [-0.3, -0.25) is 4.79 Å². The van der Waals surface area contributed by atoms with Crippen LogP contribution >= 0.6 is 0 Å². The van der Waals surface area contributed by atoms with E-state index in [1.54, 1.807) is 42.5 Å². The van der Waals surface area contributed by atoms with E-state index in [1.165, 1.54) is 6.07 Å². The molecule has 0 radical (unpaired) electrons. The molecule has 6 nitrogen and oxygen atoms in total. The molecule has 1 heterocycles. The number of halogens is 1. The Morgan fingerprint density at radius 3 is 2.48 bits per heavy atom. The number of benzene rings is 3. The summed E-state index contributed by atoms with van der Waals surface area (Å²) in [6.45, 7) is 0.526. The Morgan fingerprint density at radius 2 is 1.73 bits per heavy atom. The average molecular weight is 442 g/mol. The Kier molecular flexibility index (Phi) is 6.61. The molecule has 0 spiro atoms. The molecule has 0 saturated carbocycles. The third-order valence-electron chi connectivity index (χ3n) is 5.06. The van der Waals surface area contributed by atoms with Crippen LogP contribution in [0.15, 0.2) is 84.9 Å². The number of pyridine rings is 1. The molecule has 3 aromatic carbocycles. The number of amides is 1. The summed E-state index contributed by atoms with van der Waals surface area (Å²) in [4.78, 5) is 17.0. The summed E-state index contributed by atoms with van der Waals surface area (Å²) in [5.74, 6) is -0.588. The smallest absolute Gasteiger partial charge is 0.255 e. The van der Waals surface area contributed by atoms with Gasteiger partial charge in [-0.15, -0.1) is 0 Å². The van der Waals surface area contributed by atoms with Crippen LogP contribution in [-0.4, -0.2) is 10.9 Å². The molecule has 0 aliphatic heterocycles. The zero-order chi connectivity index (χ0) is 23.2. The number of anilines is 3. The minimum atomic E-state index is -0.448. The second-order valence-corrected chi connectivity index (χ2v) is 7.49. The van der Waals surface area contributed by atoms with Gasteiger partial charge in [0, 0.05) is 22.4 Å². The van der Waals surface area contributed by atoms with Gasteiger partial charge in [-0.2, -0.15) is 0 Å². The van der Waals surface area contributed by atoms with E-state index < -0.39 is 5.82 Å². The van der Waals surface area contributed by atoms with Crippen molar-refractivity contribution >= 4 is 23.1 Å². The molecule has 0 bridgehead atoms. The van der Waals surface area contributed by atoms with Crippen LogP contribution in [0.2, 0.25) is 0 Å². The molecule has 0 atom stereocenters. The highest BCUT2D eigenvalue weighted by Gasteiger charge is 2.11. The fourth-order valence-corrected chi connectivity index (χ4v) is 3.26. The monoisotopic (exact) mass is 442 g/mol. The molecule has 1 aromatic heterocycles. The van der Waals surface area contributed by atoms with Gasteiger partial charge < -0.3 is 21.5 Å². The van der Waals surface area contributed by atoms with Gasteiger partial charge in [-0.1, -0.05) is 48.5 Å². The molecule has 1 amide bonds. The van der Waals surface area contributed by atoms with E-state index in [0.29, 0.717) is 40.4 Å². The number of hydrogen-bond acceptors (Lipinski definition) is 5. The van der Waals surface area contributed by atoms with Crippen LogP contribution in [-0.2, 0) is 18.0 Å². The molecular formula is C26H23FN4O2. The van der Waals surface area contributed by atoms with Crippen LogP contribution in [0.4, 0.5) is 21.6 Å². The van der Waals surface area contributed by atoms with Gasteiger partial charge in [0.1, 0.15) is 11.6 Å². The first-order chi connectivity index (χ1) is 16.0. The fourth-order valence-electron chi connectivity index (χ4n) is 3.26. The van der Waals surface area contributed by atoms with Gasteiger partial charge in [0.25, 0.3) is 5.91 Å². The lowest BCUT2D eigenvalue weighted by atomic mass is 10.1. The van der Waals surface area contributed by atoms with Gasteiger partial charge in [0.05, 0.1) is 24.6 Å². The third-order valence-corrected chi connectivity index (χ3v) is 5.06. The van der Waals surface area contributed by atoms with Crippen molar-refractivity contribution in [3.05, 3.63) is 107 Å². The third kappa shape index (κ3) is 5.53. The van der Waals surface area contributed by atoms with Gasteiger partial charge in [0.15, 0.2) is 0 Å². The number of carbonyl (C=O) groups excluding carboxylic acids is 1. The predicted octanol–water partition coefficient (Wildman–Crippen LogP) is 5.02. The van der Waals surface area contributed by atoms with Gasteiger partial charge >= 0.3 is 0 Å². The molecule has 4 rings (SSSR count). The lowest BCUT2D eigenvalue weighted by Gasteiger charge is -2.10. The first-order valence-corrected chi connectivity index (χ1v) is 10.3.